The van der Waals surface area contributed by atoms with Crippen molar-refractivity contribution in [3.05, 3.63) is 47.7 Å². The predicted octanol–water partition coefficient (Wildman–Crippen LogP) is 3.13. The van der Waals surface area contributed by atoms with Crippen molar-refractivity contribution in [3.63, 3.8) is 0 Å². The molecule has 3 rings (SSSR count). The lowest BCUT2D eigenvalue weighted by atomic mass is 10.1. The molecule has 0 saturated carbocycles. The Balaban J connectivity index is 1.98. The van der Waals surface area contributed by atoms with Crippen LogP contribution in [0.2, 0.25) is 0 Å². The minimum absolute atomic E-state index is 0.0471. The Kier molecular flexibility index (Phi) is 2.85. The Bertz CT molecular complexity index is 749. The number of hydrogen-bond acceptors (Lipinski definition) is 5. The number of carboxylic acids is 1. The molecular weight excluding hydrogens is 262 g/mol. The van der Waals surface area contributed by atoms with Crippen molar-refractivity contribution in [1.82, 2.24) is 9.97 Å². The van der Waals surface area contributed by atoms with E-state index in [1.807, 2.05) is 24.3 Å². The average molecular weight is 271 g/mol. The van der Waals surface area contributed by atoms with Gasteiger partial charge in [0.15, 0.2) is 10.8 Å². The number of nitrogens with zero attached hydrogens (tertiary/aromatic N) is 2. The summed E-state index contributed by atoms with van der Waals surface area (Å²) in [7, 11) is 0. The summed E-state index contributed by atoms with van der Waals surface area (Å²) in [5.41, 5.74) is 0.905. The van der Waals surface area contributed by atoms with Crippen LogP contribution in [0.5, 0.6) is 0 Å². The molecular formula is C13H9N3O2S. The normalized spacial score (nSPS) is 10.5. The van der Waals surface area contributed by atoms with Gasteiger partial charge in [-0.3, -0.25) is 4.98 Å². The fraction of sp³-hybridized carbons (Fsp3) is 0. The number of hydrogen-bond donors (Lipinski definition) is 2. The van der Waals surface area contributed by atoms with E-state index in [1.165, 1.54) is 16.7 Å². The molecule has 94 valence electrons. The van der Waals surface area contributed by atoms with E-state index >= 15 is 0 Å². The van der Waals surface area contributed by atoms with Gasteiger partial charge >= 0.3 is 5.97 Å². The Labute approximate surface area is 112 Å². The number of rotatable bonds is 3. The van der Waals surface area contributed by atoms with Crippen molar-refractivity contribution in [3.8, 4) is 0 Å². The SMILES string of the molecule is O=C(O)c1csc(Nc2cccc3ccncc23)n1. The zero-order valence-corrected chi connectivity index (χ0v) is 10.5. The first kappa shape index (κ1) is 11.6. The van der Waals surface area contributed by atoms with Gasteiger partial charge in [-0.1, -0.05) is 12.1 Å². The number of fused-ring (bicyclic) bond motifs is 1. The van der Waals surface area contributed by atoms with Gasteiger partial charge in [-0.05, 0) is 17.5 Å². The highest BCUT2D eigenvalue weighted by Crippen LogP contribution is 2.27. The molecule has 0 bridgehead atoms. The monoisotopic (exact) mass is 271 g/mol. The zero-order chi connectivity index (χ0) is 13.2. The Hall–Kier alpha value is -2.47. The summed E-state index contributed by atoms with van der Waals surface area (Å²) in [6.07, 6.45) is 3.50. The smallest absolute Gasteiger partial charge is 0.355 e. The molecule has 1 aromatic carbocycles. The van der Waals surface area contributed by atoms with Gasteiger partial charge in [0.2, 0.25) is 0 Å². The molecule has 19 heavy (non-hydrogen) atoms. The summed E-state index contributed by atoms with van der Waals surface area (Å²) < 4.78 is 0. The number of pyridine rings is 1. The fourth-order valence-electron chi connectivity index (χ4n) is 1.77. The summed E-state index contributed by atoms with van der Waals surface area (Å²) in [6.45, 7) is 0. The molecule has 6 heteroatoms. The van der Waals surface area contributed by atoms with Crippen LogP contribution in [-0.4, -0.2) is 21.0 Å². The maximum atomic E-state index is 10.8. The number of thiazole rings is 1. The molecule has 0 unspecified atom stereocenters. The van der Waals surface area contributed by atoms with E-state index in [2.05, 4.69) is 15.3 Å². The van der Waals surface area contributed by atoms with E-state index in [0.717, 1.165) is 16.5 Å². The highest BCUT2D eigenvalue weighted by molar-refractivity contribution is 7.14. The van der Waals surface area contributed by atoms with E-state index < -0.39 is 5.97 Å². The van der Waals surface area contributed by atoms with E-state index in [0.29, 0.717) is 5.13 Å². The van der Waals surface area contributed by atoms with Crippen molar-refractivity contribution >= 4 is 38.9 Å². The van der Waals surface area contributed by atoms with E-state index in [-0.39, 0.29) is 5.69 Å². The minimum Gasteiger partial charge on any atom is -0.476 e. The van der Waals surface area contributed by atoms with Crippen LogP contribution in [0.25, 0.3) is 10.8 Å². The Morgan fingerprint density at radius 1 is 1.32 bits per heavy atom. The van der Waals surface area contributed by atoms with E-state index in [4.69, 9.17) is 5.11 Å². The molecule has 2 aromatic heterocycles. The first-order valence-corrected chi connectivity index (χ1v) is 6.40. The highest BCUT2D eigenvalue weighted by Gasteiger charge is 2.09. The van der Waals surface area contributed by atoms with Gasteiger partial charge in [0.1, 0.15) is 0 Å². The summed E-state index contributed by atoms with van der Waals surface area (Å²) in [5.74, 6) is -1.02. The number of nitrogens with one attached hydrogen (secondary N) is 1. The van der Waals surface area contributed by atoms with Gasteiger partial charge in [-0.25, -0.2) is 9.78 Å². The number of aromatic nitrogens is 2. The van der Waals surface area contributed by atoms with Crippen molar-refractivity contribution in [1.29, 1.82) is 0 Å². The number of carboxylic acid groups (broad SMARTS) is 1. The molecule has 5 nitrogen and oxygen atoms in total. The topological polar surface area (TPSA) is 75.1 Å². The average Bonchev–Trinajstić information content (AvgIpc) is 2.88. The number of anilines is 2. The standard InChI is InChI=1S/C13H9N3O2S/c17-12(18)11-7-19-13(16-11)15-10-3-1-2-8-4-5-14-6-9(8)10/h1-7H,(H,15,16)(H,17,18). The van der Waals surface area contributed by atoms with Crippen molar-refractivity contribution in [2.45, 2.75) is 0 Å². The second-order valence-electron chi connectivity index (χ2n) is 3.87. The van der Waals surface area contributed by atoms with Gasteiger partial charge in [0, 0.05) is 28.8 Å². The predicted molar refractivity (Wildman–Crippen MR) is 74.1 cm³/mol. The summed E-state index contributed by atoms with van der Waals surface area (Å²) in [6, 6.07) is 7.75. The molecule has 0 aliphatic heterocycles. The van der Waals surface area contributed by atoms with Crippen LogP contribution >= 0.6 is 11.3 Å². The summed E-state index contributed by atoms with van der Waals surface area (Å²) in [4.78, 5) is 18.9. The van der Waals surface area contributed by atoms with Gasteiger partial charge in [-0.2, -0.15) is 0 Å². The van der Waals surface area contributed by atoms with Crippen LogP contribution in [0.3, 0.4) is 0 Å². The molecule has 2 N–H and O–H groups in total. The molecule has 0 aliphatic carbocycles. The number of carbonyl (C=O) groups is 1. The van der Waals surface area contributed by atoms with Crippen LogP contribution < -0.4 is 5.32 Å². The maximum Gasteiger partial charge on any atom is 0.355 e. The highest BCUT2D eigenvalue weighted by atomic mass is 32.1. The van der Waals surface area contributed by atoms with Gasteiger partial charge in [-0.15, -0.1) is 11.3 Å². The van der Waals surface area contributed by atoms with E-state index in [9.17, 15) is 4.79 Å². The fourth-order valence-corrected chi connectivity index (χ4v) is 2.46. The molecule has 0 saturated heterocycles. The van der Waals surface area contributed by atoms with E-state index in [1.54, 1.807) is 12.4 Å². The lowest BCUT2D eigenvalue weighted by Crippen LogP contribution is -1.97. The van der Waals surface area contributed by atoms with Crippen LogP contribution in [0.15, 0.2) is 42.0 Å². The Morgan fingerprint density at radius 2 is 2.21 bits per heavy atom. The van der Waals surface area contributed by atoms with Gasteiger partial charge in [0.25, 0.3) is 0 Å². The van der Waals surface area contributed by atoms with Crippen molar-refractivity contribution in [2.75, 3.05) is 5.32 Å². The van der Waals surface area contributed by atoms with Crippen molar-refractivity contribution in [2.24, 2.45) is 0 Å². The summed E-state index contributed by atoms with van der Waals surface area (Å²) in [5, 5.41) is 16.1. The molecule has 3 aromatic rings. The molecule has 0 spiro atoms. The van der Waals surface area contributed by atoms with Crippen LogP contribution in [0.4, 0.5) is 10.8 Å². The number of aromatic carboxylic acids is 1. The second-order valence-corrected chi connectivity index (χ2v) is 4.73. The first-order valence-electron chi connectivity index (χ1n) is 5.52. The van der Waals surface area contributed by atoms with Crippen LogP contribution in [-0.2, 0) is 0 Å². The third-order valence-corrected chi connectivity index (χ3v) is 3.41. The number of benzene rings is 1. The first-order chi connectivity index (χ1) is 9.24. The van der Waals surface area contributed by atoms with Crippen molar-refractivity contribution < 1.29 is 9.90 Å². The molecule has 0 atom stereocenters. The third-order valence-electron chi connectivity index (χ3n) is 2.65. The molecule has 0 aliphatic rings. The lowest BCUT2D eigenvalue weighted by Gasteiger charge is -2.06. The quantitative estimate of drug-likeness (QED) is 0.765. The molecule has 0 fully saturated rings. The lowest BCUT2D eigenvalue weighted by molar-refractivity contribution is 0.0691. The zero-order valence-electron chi connectivity index (χ0n) is 9.70. The van der Waals surface area contributed by atoms with Gasteiger partial charge < -0.3 is 10.4 Å². The van der Waals surface area contributed by atoms with Crippen LogP contribution in [0.1, 0.15) is 10.5 Å². The molecule has 0 amide bonds. The second kappa shape index (κ2) is 4.66. The minimum atomic E-state index is -1.02. The largest absolute Gasteiger partial charge is 0.476 e. The third kappa shape index (κ3) is 2.25. The Morgan fingerprint density at radius 3 is 3.00 bits per heavy atom. The molecule has 0 radical (unpaired) electrons. The van der Waals surface area contributed by atoms with Crippen LogP contribution in [0, 0.1) is 0 Å². The van der Waals surface area contributed by atoms with Gasteiger partial charge in [0.05, 0.1) is 0 Å². The summed E-state index contributed by atoms with van der Waals surface area (Å²) >= 11 is 1.26. The molecule has 2 heterocycles. The maximum absolute atomic E-state index is 10.8.